The topological polar surface area (TPSA) is 114 Å². The van der Waals surface area contributed by atoms with E-state index in [-0.39, 0.29) is 28.2 Å². The fourth-order valence-electron chi connectivity index (χ4n) is 2.66. The molecule has 0 spiro atoms. The highest BCUT2D eigenvalue weighted by Crippen LogP contribution is 2.30. The maximum atomic E-state index is 13.1. The number of ether oxygens (including phenoxy) is 1. The number of anilines is 2. The molecule has 0 radical (unpaired) electrons. The first-order chi connectivity index (χ1) is 14.0. The fourth-order valence-corrected chi connectivity index (χ4v) is 3.72. The van der Waals surface area contributed by atoms with Crippen LogP contribution in [0, 0.1) is 11.7 Å². The maximum Gasteiger partial charge on any atom is 0.262 e. The molecule has 0 saturated heterocycles. The van der Waals surface area contributed by atoms with Gasteiger partial charge in [0.25, 0.3) is 10.0 Å². The van der Waals surface area contributed by atoms with E-state index in [2.05, 4.69) is 15.4 Å². The second-order valence-electron chi connectivity index (χ2n) is 6.89. The van der Waals surface area contributed by atoms with Crippen LogP contribution in [0.2, 0.25) is 0 Å². The zero-order valence-corrected chi connectivity index (χ0v) is 17.8. The summed E-state index contributed by atoms with van der Waals surface area (Å²) in [6, 6.07) is 8.01. The number of sulfonamides is 1. The van der Waals surface area contributed by atoms with E-state index in [1.807, 2.05) is 0 Å². The lowest BCUT2D eigenvalue weighted by atomic mass is 10.0. The molecule has 0 aromatic heterocycles. The molecule has 2 aromatic rings. The smallest absolute Gasteiger partial charge is 0.262 e. The van der Waals surface area contributed by atoms with Crippen molar-refractivity contribution in [1.82, 2.24) is 5.32 Å². The molecule has 0 unspecified atom stereocenters. The Bertz CT molecular complexity index is 1020. The van der Waals surface area contributed by atoms with Gasteiger partial charge in [-0.2, -0.15) is 0 Å². The summed E-state index contributed by atoms with van der Waals surface area (Å²) >= 11 is 0. The fraction of sp³-hybridized carbons (Fsp3) is 0.300. The molecule has 8 nitrogen and oxygen atoms in total. The van der Waals surface area contributed by atoms with Gasteiger partial charge >= 0.3 is 0 Å². The first-order valence-corrected chi connectivity index (χ1v) is 10.6. The summed E-state index contributed by atoms with van der Waals surface area (Å²) in [5.41, 5.74) is 0.383. The van der Waals surface area contributed by atoms with Gasteiger partial charge in [0.15, 0.2) is 0 Å². The van der Waals surface area contributed by atoms with Crippen LogP contribution < -0.4 is 20.1 Å². The van der Waals surface area contributed by atoms with E-state index in [0.29, 0.717) is 5.69 Å². The van der Waals surface area contributed by atoms with Crippen LogP contribution in [0.4, 0.5) is 15.8 Å². The number of carbonyl (C=O) groups is 2. The Labute approximate surface area is 174 Å². The Morgan fingerprint density at radius 3 is 2.23 bits per heavy atom. The highest BCUT2D eigenvalue weighted by atomic mass is 32.2. The third kappa shape index (κ3) is 5.93. The average Bonchev–Trinajstić information content (AvgIpc) is 2.66. The summed E-state index contributed by atoms with van der Waals surface area (Å²) < 4.78 is 45.9. The van der Waals surface area contributed by atoms with Gasteiger partial charge in [-0.05, 0) is 48.4 Å². The van der Waals surface area contributed by atoms with Crippen molar-refractivity contribution in [2.75, 3.05) is 17.1 Å². The van der Waals surface area contributed by atoms with Gasteiger partial charge in [-0.25, -0.2) is 12.8 Å². The first kappa shape index (κ1) is 23.1. The van der Waals surface area contributed by atoms with Crippen molar-refractivity contribution in [3.63, 3.8) is 0 Å². The Kier molecular flexibility index (Phi) is 7.38. The molecule has 2 amide bonds. The van der Waals surface area contributed by atoms with Gasteiger partial charge < -0.3 is 15.4 Å². The minimum Gasteiger partial charge on any atom is -0.495 e. The summed E-state index contributed by atoms with van der Waals surface area (Å²) in [5, 5.41) is 5.24. The molecule has 0 saturated carbocycles. The van der Waals surface area contributed by atoms with Crippen LogP contribution >= 0.6 is 0 Å². The quantitative estimate of drug-likeness (QED) is 0.588. The molecule has 0 aliphatic carbocycles. The van der Waals surface area contributed by atoms with E-state index in [4.69, 9.17) is 4.74 Å². The van der Waals surface area contributed by atoms with E-state index in [9.17, 15) is 22.4 Å². The van der Waals surface area contributed by atoms with Crippen molar-refractivity contribution in [2.24, 2.45) is 5.92 Å². The van der Waals surface area contributed by atoms with Crippen LogP contribution in [0.1, 0.15) is 20.8 Å². The second-order valence-corrected chi connectivity index (χ2v) is 8.57. The Morgan fingerprint density at radius 1 is 1.07 bits per heavy atom. The van der Waals surface area contributed by atoms with Gasteiger partial charge in [-0.1, -0.05) is 13.8 Å². The summed E-state index contributed by atoms with van der Waals surface area (Å²) in [6.45, 7) is 4.89. The molecule has 10 heteroatoms. The lowest BCUT2D eigenvalue weighted by Gasteiger charge is -2.21. The zero-order valence-electron chi connectivity index (χ0n) is 17.0. The standard InChI is InChI=1S/C20H24FN3O5S/c1-12(2)19(22-13(3)25)20(26)23-15-7-10-18(29-4)17(11-15)24-30(27,28)16-8-5-14(21)6-9-16/h5-12,19,24H,1-4H3,(H,22,25)(H,23,26)/t19-/m1/s1. The van der Waals surface area contributed by atoms with Crippen LogP contribution in [0.3, 0.4) is 0 Å². The molecular formula is C20H24FN3O5S. The number of nitrogens with one attached hydrogen (secondary N) is 3. The number of hydrogen-bond donors (Lipinski definition) is 3. The number of methoxy groups -OCH3 is 1. The van der Waals surface area contributed by atoms with E-state index in [0.717, 1.165) is 24.3 Å². The summed E-state index contributed by atoms with van der Waals surface area (Å²) in [5.74, 6) is -1.29. The molecule has 0 aliphatic rings. The number of carbonyl (C=O) groups excluding carboxylic acids is 2. The van der Waals surface area contributed by atoms with E-state index < -0.39 is 27.8 Å². The molecular weight excluding hydrogens is 413 g/mol. The van der Waals surface area contributed by atoms with E-state index in [1.54, 1.807) is 13.8 Å². The molecule has 30 heavy (non-hydrogen) atoms. The number of halogens is 1. The lowest BCUT2D eigenvalue weighted by molar-refractivity contribution is -0.126. The van der Waals surface area contributed by atoms with Gasteiger partial charge in [-0.15, -0.1) is 0 Å². The SMILES string of the molecule is COc1ccc(NC(=O)[C@H](NC(C)=O)C(C)C)cc1NS(=O)(=O)c1ccc(F)cc1. The maximum absolute atomic E-state index is 13.1. The van der Waals surface area contributed by atoms with Crippen molar-refractivity contribution < 1.29 is 27.1 Å². The van der Waals surface area contributed by atoms with Crippen LogP contribution in [-0.2, 0) is 19.6 Å². The Morgan fingerprint density at radius 2 is 1.70 bits per heavy atom. The predicted molar refractivity (Wildman–Crippen MR) is 111 cm³/mol. The molecule has 0 aliphatic heterocycles. The number of benzene rings is 2. The number of rotatable bonds is 8. The van der Waals surface area contributed by atoms with Gasteiger partial charge in [0, 0.05) is 12.6 Å². The van der Waals surface area contributed by atoms with Crippen LogP contribution in [-0.4, -0.2) is 33.4 Å². The van der Waals surface area contributed by atoms with Crippen molar-refractivity contribution in [2.45, 2.75) is 31.7 Å². The van der Waals surface area contributed by atoms with Crippen LogP contribution in [0.15, 0.2) is 47.4 Å². The number of hydrogen-bond acceptors (Lipinski definition) is 5. The molecule has 162 valence electrons. The molecule has 1 atom stereocenters. The first-order valence-electron chi connectivity index (χ1n) is 9.08. The molecule has 3 N–H and O–H groups in total. The minimum atomic E-state index is -4.02. The highest BCUT2D eigenvalue weighted by molar-refractivity contribution is 7.92. The minimum absolute atomic E-state index is 0.0836. The molecule has 0 fully saturated rings. The molecule has 2 aromatic carbocycles. The predicted octanol–water partition coefficient (Wildman–Crippen LogP) is 2.73. The third-order valence-corrected chi connectivity index (χ3v) is 5.52. The Balaban J connectivity index is 2.29. The Hall–Kier alpha value is -3.14. The molecule has 0 bridgehead atoms. The van der Waals surface area contributed by atoms with E-state index >= 15 is 0 Å². The van der Waals surface area contributed by atoms with Crippen molar-refractivity contribution in [3.05, 3.63) is 48.3 Å². The summed E-state index contributed by atoms with van der Waals surface area (Å²) in [4.78, 5) is 23.8. The van der Waals surface area contributed by atoms with Crippen LogP contribution in [0.25, 0.3) is 0 Å². The monoisotopic (exact) mass is 437 g/mol. The number of amides is 2. The third-order valence-electron chi connectivity index (χ3n) is 4.14. The normalized spacial score (nSPS) is 12.2. The van der Waals surface area contributed by atoms with Gasteiger partial charge in [0.2, 0.25) is 11.8 Å². The van der Waals surface area contributed by atoms with E-state index in [1.165, 1.54) is 32.2 Å². The van der Waals surface area contributed by atoms with Crippen LogP contribution in [0.5, 0.6) is 5.75 Å². The molecule has 0 heterocycles. The van der Waals surface area contributed by atoms with Gasteiger partial charge in [0.1, 0.15) is 17.6 Å². The second kappa shape index (κ2) is 9.57. The summed E-state index contributed by atoms with van der Waals surface area (Å²) in [7, 11) is -2.65. The molecule has 2 rings (SSSR count). The largest absolute Gasteiger partial charge is 0.495 e. The highest BCUT2D eigenvalue weighted by Gasteiger charge is 2.24. The van der Waals surface area contributed by atoms with Gasteiger partial charge in [0.05, 0.1) is 17.7 Å². The van der Waals surface area contributed by atoms with Crippen molar-refractivity contribution in [3.8, 4) is 5.75 Å². The lowest BCUT2D eigenvalue weighted by Crippen LogP contribution is -2.46. The average molecular weight is 437 g/mol. The zero-order chi connectivity index (χ0) is 22.5. The van der Waals surface area contributed by atoms with Gasteiger partial charge in [-0.3, -0.25) is 14.3 Å². The van der Waals surface area contributed by atoms with Crippen molar-refractivity contribution >= 4 is 33.2 Å². The van der Waals surface area contributed by atoms with Crippen molar-refractivity contribution in [1.29, 1.82) is 0 Å². The summed E-state index contributed by atoms with van der Waals surface area (Å²) in [6.07, 6.45) is 0.